The molecule has 0 aliphatic heterocycles. The van der Waals surface area contributed by atoms with Crippen LogP contribution >= 0.6 is 7.82 Å². The summed E-state index contributed by atoms with van der Waals surface area (Å²) >= 11 is 0. The van der Waals surface area contributed by atoms with Crippen molar-refractivity contribution < 1.29 is 52.2 Å². The van der Waals surface area contributed by atoms with Gasteiger partial charge in [0.1, 0.15) is 12.7 Å². The first kappa shape index (κ1) is 67.9. The molecule has 0 saturated carbocycles. The topological polar surface area (TPSA) is 155 Å². The minimum atomic E-state index is -4.78. The van der Waals surface area contributed by atoms with Gasteiger partial charge in [0.15, 0.2) is 6.10 Å². The van der Waals surface area contributed by atoms with Gasteiger partial charge in [-0.2, -0.15) is 0 Å². The molecule has 0 aromatic carbocycles. The zero-order valence-corrected chi connectivity index (χ0v) is 45.7. The Morgan fingerprint density at radius 1 is 0.403 bits per heavy atom. The Hall–Kier alpha value is -4.12. The van der Waals surface area contributed by atoms with E-state index in [2.05, 4.69) is 124 Å². The van der Waals surface area contributed by atoms with Gasteiger partial charge in [0.05, 0.1) is 19.8 Å². The highest BCUT2D eigenvalue weighted by Gasteiger charge is 2.28. The van der Waals surface area contributed by atoms with Crippen LogP contribution in [0.5, 0.6) is 0 Å². The van der Waals surface area contributed by atoms with Crippen LogP contribution in [0.2, 0.25) is 0 Å². The highest BCUT2D eigenvalue weighted by Crippen LogP contribution is 2.43. The minimum absolute atomic E-state index is 0.0469. The van der Waals surface area contributed by atoms with E-state index in [1.807, 2.05) is 18.2 Å². The lowest BCUT2D eigenvalue weighted by Gasteiger charge is -2.21. The maximum Gasteiger partial charge on any atom is 0.472 e. The molecule has 2 N–H and O–H groups in total. The zero-order chi connectivity index (χ0) is 52.7. The molecule has 0 bridgehead atoms. The molecule has 12 heteroatoms. The van der Waals surface area contributed by atoms with Gasteiger partial charge in [-0.1, -0.05) is 187 Å². The quantitative estimate of drug-likeness (QED) is 0.0197. The van der Waals surface area contributed by atoms with E-state index >= 15 is 0 Å². The summed E-state index contributed by atoms with van der Waals surface area (Å²) in [6, 6.07) is 0. The Labute approximate surface area is 437 Å². The van der Waals surface area contributed by atoms with Crippen molar-refractivity contribution in [3.8, 4) is 0 Å². The molecule has 0 fully saturated rings. The molecule has 0 spiro atoms. The highest BCUT2D eigenvalue weighted by molar-refractivity contribution is 7.47. The summed E-state index contributed by atoms with van der Waals surface area (Å²) in [4.78, 5) is 48.4. The highest BCUT2D eigenvalue weighted by atomic mass is 31.2. The number of esters is 3. The second kappa shape index (κ2) is 53.2. The third-order valence-electron chi connectivity index (χ3n) is 10.9. The molecule has 0 radical (unpaired) electrons. The van der Waals surface area contributed by atoms with Crippen LogP contribution in [0.15, 0.2) is 122 Å². The van der Waals surface area contributed by atoms with E-state index in [-0.39, 0.29) is 25.9 Å². The van der Waals surface area contributed by atoms with E-state index in [4.69, 9.17) is 23.3 Å². The monoisotopic (exact) mass is 1020 g/mol. The first-order valence-corrected chi connectivity index (χ1v) is 28.9. The molecular formula is C60H97O11P. The van der Waals surface area contributed by atoms with E-state index in [1.165, 1.54) is 25.7 Å². The van der Waals surface area contributed by atoms with Gasteiger partial charge in [-0.25, -0.2) is 4.57 Å². The normalized spacial score (nSPS) is 14.3. The summed E-state index contributed by atoms with van der Waals surface area (Å²) in [6.45, 7) is 4.24. The van der Waals surface area contributed by atoms with Gasteiger partial charge in [-0.15, -0.1) is 0 Å². The Balaban J connectivity index is 4.88. The predicted molar refractivity (Wildman–Crippen MR) is 297 cm³/mol. The predicted octanol–water partition coefficient (Wildman–Crippen LogP) is 16.0. The first-order chi connectivity index (χ1) is 35.2. The fraction of sp³-hybridized carbons (Fsp3) is 0.617. The van der Waals surface area contributed by atoms with Gasteiger partial charge in [0, 0.05) is 19.3 Å². The smallest absolute Gasteiger partial charge is 0.462 e. The molecule has 0 heterocycles. The van der Waals surface area contributed by atoms with E-state index in [1.54, 1.807) is 0 Å². The molecule has 0 rings (SSSR count). The van der Waals surface area contributed by atoms with Gasteiger partial charge < -0.3 is 24.2 Å². The number of allylic oxidation sites excluding steroid dienone is 20. The zero-order valence-electron chi connectivity index (χ0n) is 44.8. The number of rotatable bonds is 49. The number of hydrogen-bond donors (Lipinski definition) is 2. The van der Waals surface area contributed by atoms with E-state index in [9.17, 15) is 28.9 Å². The lowest BCUT2D eigenvalue weighted by atomic mass is 10.1. The molecular weight excluding hydrogens is 928 g/mol. The number of hydrogen-bond acceptors (Lipinski definition) is 10. The molecule has 0 aliphatic rings. The van der Waals surface area contributed by atoms with Crippen LogP contribution in [0.25, 0.3) is 0 Å². The maximum atomic E-state index is 12.9. The average molecular weight is 1030 g/mol. The lowest BCUT2D eigenvalue weighted by Crippen LogP contribution is -2.30. The fourth-order valence-electron chi connectivity index (χ4n) is 6.74. The molecule has 3 unspecified atom stereocenters. The van der Waals surface area contributed by atoms with Crippen molar-refractivity contribution in [2.24, 2.45) is 0 Å². The van der Waals surface area contributed by atoms with Crippen molar-refractivity contribution in [3.05, 3.63) is 122 Å². The van der Waals surface area contributed by atoms with Crippen LogP contribution in [-0.4, -0.2) is 66.5 Å². The van der Waals surface area contributed by atoms with Gasteiger partial charge in [0.25, 0.3) is 0 Å². The lowest BCUT2D eigenvalue weighted by molar-refractivity contribution is -0.161. The second-order valence-electron chi connectivity index (χ2n) is 17.6. The first-order valence-electron chi connectivity index (χ1n) is 27.4. The van der Waals surface area contributed by atoms with Crippen molar-refractivity contribution in [3.63, 3.8) is 0 Å². The van der Waals surface area contributed by atoms with E-state index in [0.29, 0.717) is 19.3 Å². The summed E-state index contributed by atoms with van der Waals surface area (Å²) in [5, 5.41) is 9.77. The molecule has 0 saturated heterocycles. The Morgan fingerprint density at radius 3 is 1.22 bits per heavy atom. The number of phosphoric acid groups is 1. The van der Waals surface area contributed by atoms with Crippen LogP contribution in [0, 0.1) is 0 Å². The van der Waals surface area contributed by atoms with Crippen molar-refractivity contribution in [2.45, 2.75) is 213 Å². The van der Waals surface area contributed by atoms with Gasteiger partial charge >= 0.3 is 25.7 Å². The maximum absolute atomic E-state index is 12.9. The van der Waals surface area contributed by atoms with Crippen LogP contribution in [0.1, 0.15) is 201 Å². The van der Waals surface area contributed by atoms with Crippen LogP contribution < -0.4 is 0 Å². The summed E-state index contributed by atoms with van der Waals surface area (Å²) in [7, 11) is -4.78. The van der Waals surface area contributed by atoms with Gasteiger partial charge in [-0.3, -0.25) is 23.4 Å². The Kier molecular flexibility index (Phi) is 50.1. The van der Waals surface area contributed by atoms with E-state index in [0.717, 1.165) is 116 Å². The number of aliphatic hydroxyl groups excluding tert-OH is 1. The van der Waals surface area contributed by atoms with Crippen molar-refractivity contribution in [1.29, 1.82) is 0 Å². The van der Waals surface area contributed by atoms with Gasteiger partial charge in [-0.05, 0) is 116 Å². The number of carbonyl (C=O) groups excluding carboxylic acids is 3. The summed E-state index contributed by atoms with van der Waals surface area (Å²) in [6.07, 6.45) is 64.7. The standard InChI is InChI=1S/C60H97O11P/c1-4-7-10-13-16-19-22-25-26-27-28-29-30-33-36-39-42-45-48-51-60(64)71-57(53-67-58(62)49-46-43-40-37-34-31-23-20-17-14-11-8-5-2)55-69-72(65,66)68-54-56(52-61)70-59(63)50-47-44-41-38-35-32-24-21-18-15-12-9-6-3/h7,9-10,12,16,18-21,23,25-26,28-29,32-33,35-36,41,44,56-57,61H,4-6,8,11,13-15,17,22,24,27,30-31,34,37-40,42-43,45-55H2,1-3H3,(H,65,66)/b10-7-,12-9-,19-16-,21-18-,23-20-,26-25-,29-28-,35-32-,36-33-,44-41-. The van der Waals surface area contributed by atoms with E-state index < -0.39 is 57.8 Å². The van der Waals surface area contributed by atoms with Crippen molar-refractivity contribution in [2.75, 3.05) is 26.4 Å². The number of ether oxygens (including phenoxy) is 3. The third-order valence-corrected chi connectivity index (χ3v) is 11.8. The SMILES string of the molecule is CC/C=C\C/C=C\C/C=C\C/C=C\C/C=C\CCCCCC(=O)OC(COC(=O)CCCCCCC/C=C\CCCCCC)COP(=O)(O)OCC(CO)OC(=O)CC/C=C\C/C=C\C/C=C\C/C=C\CC. The molecule has 0 amide bonds. The number of aliphatic hydroxyl groups is 1. The summed E-state index contributed by atoms with van der Waals surface area (Å²) in [5.41, 5.74) is 0. The third kappa shape index (κ3) is 50.8. The van der Waals surface area contributed by atoms with Crippen LogP contribution in [0.4, 0.5) is 0 Å². The van der Waals surface area contributed by atoms with Crippen molar-refractivity contribution in [1.82, 2.24) is 0 Å². The molecule has 72 heavy (non-hydrogen) atoms. The Bertz CT molecular complexity index is 1670. The fourth-order valence-corrected chi connectivity index (χ4v) is 7.53. The molecule has 11 nitrogen and oxygen atoms in total. The van der Waals surface area contributed by atoms with Gasteiger partial charge in [0.2, 0.25) is 0 Å². The Morgan fingerprint density at radius 2 is 0.750 bits per heavy atom. The molecule has 0 aromatic rings. The molecule has 3 atom stereocenters. The minimum Gasteiger partial charge on any atom is -0.462 e. The summed E-state index contributed by atoms with van der Waals surface area (Å²) < 4.78 is 39.3. The molecule has 408 valence electrons. The number of unbranched alkanes of at least 4 members (excludes halogenated alkanes) is 12. The number of phosphoric ester groups is 1. The molecule has 0 aromatic heterocycles. The average Bonchev–Trinajstić information content (AvgIpc) is 3.37. The van der Waals surface area contributed by atoms with Crippen molar-refractivity contribution >= 4 is 25.7 Å². The number of carbonyl (C=O) groups is 3. The largest absolute Gasteiger partial charge is 0.472 e. The molecule has 0 aliphatic carbocycles. The van der Waals surface area contributed by atoms with Crippen LogP contribution in [0.3, 0.4) is 0 Å². The second-order valence-corrected chi connectivity index (χ2v) is 19.1. The van der Waals surface area contributed by atoms with Crippen LogP contribution in [-0.2, 0) is 42.2 Å². The summed E-state index contributed by atoms with van der Waals surface area (Å²) in [5.74, 6) is -1.62.